The minimum absolute atomic E-state index is 0. The van der Waals surface area contributed by atoms with Crippen molar-refractivity contribution < 1.29 is 46.5 Å². The maximum absolute atomic E-state index is 3.44. The van der Waals surface area contributed by atoms with Gasteiger partial charge in [0.1, 0.15) is 0 Å². The predicted molar refractivity (Wildman–Crippen MR) is 98.1 cm³/mol. The van der Waals surface area contributed by atoms with E-state index in [1.807, 2.05) is 6.07 Å². The molecule has 3 heteroatoms. The van der Waals surface area contributed by atoms with Crippen LogP contribution in [0.5, 0.6) is 0 Å². The van der Waals surface area contributed by atoms with E-state index >= 15 is 0 Å². The van der Waals surface area contributed by atoms with Gasteiger partial charge in [-0.05, 0) is 6.42 Å². The van der Waals surface area contributed by atoms with E-state index in [0.717, 1.165) is 6.42 Å². The maximum Gasteiger partial charge on any atom is 4.00 e. The first-order chi connectivity index (χ1) is 10.9. The molecule has 0 fully saturated rings. The summed E-state index contributed by atoms with van der Waals surface area (Å²) < 4.78 is 0. The van der Waals surface area contributed by atoms with Gasteiger partial charge >= 0.3 is 21.7 Å². The predicted octanol–water partition coefficient (Wildman–Crippen LogP) is 0.176. The molecule has 0 amide bonds. The Hall–Kier alpha value is -0.786. The Balaban J connectivity index is 0.000000445. The van der Waals surface area contributed by atoms with Crippen LogP contribution in [0.25, 0.3) is 11.1 Å². The van der Waals surface area contributed by atoms with Crippen molar-refractivity contribution in [1.29, 1.82) is 0 Å². The van der Waals surface area contributed by atoms with Crippen LogP contribution in [0, 0.1) is 17.6 Å². The third kappa shape index (κ3) is 4.93. The molecule has 4 rings (SSSR count). The summed E-state index contributed by atoms with van der Waals surface area (Å²) >= 11 is 0. The van der Waals surface area contributed by atoms with Crippen molar-refractivity contribution in [1.82, 2.24) is 0 Å². The standard InChI is InChI=1S/C13H9.C10H15.2ClH.Ti/c1-3-7-12-10(5-1)9-11-6-2-4-8-13(11)12;1-7-6-10(4,5)9(3)8(7)2;;;/h1-5,7-8H,9H2;1-5H3;2*1H;/q2*-1;;;+4/p-2. The van der Waals surface area contributed by atoms with Gasteiger partial charge in [-0.2, -0.15) is 41.0 Å². The Labute approximate surface area is 185 Å². The van der Waals surface area contributed by atoms with Gasteiger partial charge in [-0.25, -0.2) is 5.57 Å². The zero-order valence-electron chi connectivity index (χ0n) is 16.0. The molecular weight excluding hydrogens is 395 g/mol. The van der Waals surface area contributed by atoms with E-state index in [0.29, 0.717) is 0 Å². The van der Waals surface area contributed by atoms with Crippen molar-refractivity contribution in [2.45, 2.75) is 41.0 Å². The van der Waals surface area contributed by atoms with Crippen molar-refractivity contribution in [3.05, 3.63) is 82.5 Å². The van der Waals surface area contributed by atoms with Crippen LogP contribution >= 0.6 is 0 Å². The molecule has 0 aromatic heterocycles. The van der Waals surface area contributed by atoms with Gasteiger partial charge in [-0.1, -0.05) is 68.5 Å². The van der Waals surface area contributed by atoms with E-state index in [2.05, 4.69) is 83.2 Å². The minimum atomic E-state index is 0. The van der Waals surface area contributed by atoms with Gasteiger partial charge in [0.05, 0.1) is 0 Å². The molecule has 0 spiro atoms. The summed E-state index contributed by atoms with van der Waals surface area (Å²) in [4.78, 5) is 0. The fraction of sp³-hybridized carbons (Fsp3) is 0.304. The van der Waals surface area contributed by atoms with Crippen molar-refractivity contribution in [3.8, 4) is 11.1 Å². The molecule has 2 aliphatic rings. The van der Waals surface area contributed by atoms with Crippen LogP contribution in [0.3, 0.4) is 0 Å². The maximum atomic E-state index is 3.44. The monoisotopic (exact) mass is 418 g/mol. The number of fused-ring (bicyclic) bond motifs is 3. The molecule has 0 radical (unpaired) electrons. The molecule has 0 aliphatic heterocycles. The Bertz CT molecular complexity index is 773. The number of hydrogen-bond donors (Lipinski definition) is 0. The second-order valence-electron chi connectivity index (χ2n) is 7.02. The first kappa shape index (κ1) is 25.2. The van der Waals surface area contributed by atoms with Crippen LogP contribution in [-0.4, -0.2) is 0 Å². The molecule has 0 bridgehead atoms. The largest absolute Gasteiger partial charge is 4.00 e. The first-order valence-corrected chi connectivity index (χ1v) is 8.28. The molecule has 2 aromatic rings. The van der Waals surface area contributed by atoms with E-state index in [-0.39, 0.29) is 51.9 Å². The second-order valence-corrected chi connectivity index (χ2v) is 7.02. The molecule has 0 unspecified atom stereocenters. The Kier molecular flexibility index (Phi) is 9.65. The van der Waals surface area contributed by atoms with Crippen molar-refractivity contribution in [2.75, 3.05) is 0 Å². The average Bonchev–Trinajstić information content (AvgIpc) is 2.99. The fourth-order valence-corrected chi connectivity index (χ4v) is 3.40. The molecule has 0 atom stereocenters. The Morgan fingerprint density at radius 3 is 2.04 bits per heavy atom. The summed E-state index contributed by atoms with van der Waals surface area (Å²) in [5.41, 5.74) is 9.90. The quantitative estimate of drug-likeness (QED) is 0.360. The second kappa shape index (κ2) is 9.95. The van der Waals surface area contributed by atoms with E-state index in [1.165, 1.54) is 39.0 Å². The summed E-state index contributed by atoms with van der Waals surface area (Å²) in [6.07, 6.45) is 4.48. The molecule has 2 aliphatic carbocycles. The van der Waals surface area contributed by atoms with E-state index < -0.39 is 0 Å². The molecule has 0 nitrogen and oxygen atoms in total. The fourth-order valence-electron chi connectivity index (χ4n) is 3.40. The summed E-state index contributed by atoms with van der Waals surface area (Å²) in [5, 5.41) is 0. The summed E-state index contributed by atoms with van der Waals surface area (Å²) in [7, 11) is 0. The zero-order chi connectivity index (χ0) is 16.6. The number of benzene rings is 2. The summed E-state index contributed by atoms with van der Waals surface area (Å²) in [6, 6.07) is 18.1. The van der Waals surface area contributed by atoms with Gasteiger partial charge in [0.25, 0.3) is 0 Å². The van der Waals surface area contributed by atoms with E-state index in [4.69, 9.17) is 0 Å². The van der Waals surface area contributed by atoms with Crippen LogP contribution in [0.2, 0.25) is 0 Å². The smallest absolute Gasteiger partial charge is 1.00 e. The van der Waals surface area contributed by atoms with Gasteiger partial charge in [-0.3, -0.25) is 6.08 Å². The van der Waals surface area contributed by atoms with Gasteiger partial charge in [0.2, 0.25) is 0 Å². The summed E-state index contributed by atoms with van der Waals surface area (Å²) in [6.45, 7) is 10.9. The first-order valence-electron chi connectivity index (χ1n) is 8.28. The van der Waals surface area contributed by atoms with Crippen LogP contribution in [0.15, 0.2) is 59.2 Å². The van der Waals surface area contributed by atoms with E-state index in [9.17, 15) is 0 Å². The Morgan fingerprint density at radius 2 is 1.50 bits per heavy atom. The third-order valence-corrected chi connectivity index (χ3v) is 5.18. The molecule has 2 aromatic carbocycles. The van der Waals surface area contributed by atoms with Crippen molar-refractivity contribution >= 4 is 0 Å². The normalized spacial score (nSPS) is 15.2. The Morgan fingerprint density at radius 1 is 0.885 bits per heavy atom. The molecular formula is C23H24Cl2Ti. The molecule has 0 N–H and O–H groups in total. The SMILES string of the molecule is CC1=[C-]C(C)(C)C(C)=C1C.[Cl-].[Cl-].[Ti+4].[c-]1cccc2c1Cc1ccccc1-2. The number of hydrogen-bond acceptors (Lipinski definition) is 0. The van der Waals surface area contributed by atoms with Crippen LogP contribution in [0.1, 0.15) is 45.7 Å². The third-order valence-electron chi connectivity index (χ3n) is 5.18. The molecule has 0 saturated carbocycles. The van der Waals surface area contributed by atoms with Crippen LogP contribution in [0.4, 0.5) is 0 Å². The van der Waals surface area contributed by atoms with Crippen molar-refractivity contribution in [2.24, 2.45) is 5.41 Å². The minimum Gasteiger partial charge on any atom is -1.00 e. The topological polar surface area (TPSA) is 0 Å². The number of rotatable bonds is 0. The van der Waals surface area contributed by atoms with E-state index in [1.54, 1.807) is 0 Å². The molecule has 0 saturated heterocycles. The van der Waals surface area contributed by atoms with Gasteiger partial charge < -0.3 is 24.8 Å². The van der Waals surface area contributed by atoms with Crippen LogP contribution < -0.4 is 24.8 Å². The van der Waals surface area contributed by atoms with Crippen LogP contribution in [-0.2, 0) is 28.1 Å². The van der Waals surface area contributed by atoms with Crippen molar-refractivity contribution in [3.63, 3.8) is 0 Å². The number of allylic oxidation sites excluding steroid dienone is 4. The average molecular weight is 419 g/mol. The summed E-state index contributed by atoms with van der Waals surface area (Å²) in [5.74, 6) is 0. The van der Waals surface area contributed by atoms with Gasteiger partial charge in [-0.15, -0.1) is 12.5 Å². The number of halogens is 2. The molecule has 134 valence electrons. The van der Waals surface area contributed by atoms with Gasteiger partial charge in [0.15, 0.2) is 0 Å². The molecule has 0 heterocycles. The molecule has 26 heavy (non-hydrogen) atoms. The van der Waals surface area contributed by atoms with Gasteiger partial charge in [0, 0.05) is 0 Å². The zero-order valence-corrected chi connectivity index (χ0v) is 19.1.